The summed E-state index contributed by atoms with van der Waals surface area (Å²) in [6, 6.07) is 12.6. The Hall–Kier alpha value is -2.78. The van der Waals surface area contributed by atoms with E-state index in [-0.39, 0.29) is 11.6 Å². The van der Waals surface area contributed by atoms with E-state index in [1.165, 1.54) is 17.8 Å². The molecule has 1 aliphatic heterocycles. The molecule has 3 aromatic rings. The van der Waals surface area contributed by atoms with Crippen molar-refractivity contribution in [2.24, 2.45) is 0 Å². The molecule has 0 radical (unpaired) electrons. The van der Waals surface area contributed by atoms with Crippen molar-refractivity contribution >= 4 is 51.7 Å². The van der Waals surface area contributed by atoms with Crippen LogP contribution in [0.4, 0.5) is 11.4 Å². The molecule has 0 aliphatic carbocycles. The third-order valence-corrected chi connectivity index (χ3v) is 6.56. The summed E-state index contributed by atoms with van der Waals surface area (Å²) in [7, 11) is 0. The summed E-state index contributed by atoms with van der Waals surface area (Å²) < 4.78 is 2.12. The van der Waals surface area contributed by atoms with Gasteiger partial charge in [-0.25, -0.2) is 4.98 Å². The van der Waals surface area contributed by atoms with E-state index in [9.17, 15) is 14.9 Å². The number of fused-ring (bicyclic) bond motifs is 1. The van der Waals surface area contributed by atoms with Crippen molar-refractivity contribution < 1.29 is 9.72 Å². The molecule has 1 aromatic heterocycles. The minimum Gasteiger partial charge on any atom is -0.362 e. The second-order valence-corrected chi connectivity index (χ2v) is 8.55. The van der Waals surface area contributed by atoms with Crippen LogP contribution in [0.5, 0.6) is 0 Å². The summed E-state index contributed by atoms with van der Waals surface area (Å²) in [4.78, 5) is 32.1. The molecule has 0 spiro atoms. The lowest BCUT2D eigenvalue weighted by Crippen LogP contribution is -2.49. The first-order valence-corrected chi connectivity index (χ1v) is 11.4. The first-order chi connectivity index (χ1) is 15.0. The molecule has 1 aliphatic rings. The zero-order valence-electron chi connectivity index (χ0n) is 17.0. The summed E-state index contributed by atoms with van der Waals surface area (Å²) in [6.07, 6.45) is 0. The van der Waals surface area contributed by atoms with Gasteiger partial charge < -0.3 is 14.4 Å². The third kappa shape index (κ3) is 4.47. The lowest BCUT2D eigenvalue weighted by atomic mass is 10.2. The van der Waals surface area contributed by atoms with Crippen molar-refractivity contribution in [1.82, 2.24) is 14.5 Å². The molecule has 8 nitrogen and oxygen atoms in total. The number of benzene rings is 2. The lowest BCUT2D eigenvalue weighted by molar-refractivity contribution is -0.384. The van der Waals surface area contributed by atoms with Crippen LogP contribution in [0.25, 0.3) is 11.0 Å². The van der Waals surface area contributed by atoms with Gasteiger partial charge in [-0.3, -0.25) is 14.9 Å². The minimum absolute atomic E-state index is 0.0127. The van der Waals surface area contributed by atoms with Crippen molar-refractivity contribution in [3.63, 3.8) is 0 Å². The van der Waals surface area contributed by atoms with Gasteiger partial charge in [-0.05, 0) is 31.2 Å². The van der Waals surface area contributed by atoms with Crippen LogP contribution < -0.4 is 4.90 Å². The summed E-state index contributed by atoms with van der Waals surface area (Å²) in [5, 5.41) is 12.5. The van der Waals surface area contributed by atoms with E-state index < -0.39 is 4.92 Å². The maximum Gasteiger partial charge on any atom is 0.294 e. The number of amides is 1. The Labute approximate surface area is 188 Å². The number of carbonyl (C=O) groups is 1. The first kappa shape index (κ1) is 21.5. The van der Waals surface area contributed by atoms with Gasteiger partial charge in [-0.15, -0.1) is 0 Å². The summed E-state index contributed by atoms with van der Waals surface area (Å²) in [5.74, 6) is 0.356. The fraction of sp³-hybridized carbons (Fsp3) is 0.333. The van der Waals surface area contributed by atoms with Gasteiger partial charge in [0.15, 0.2) is 5.16 Å². The Balaban J connectivity index is 1.38. The highest BCUT2D eigenvalue weighted by molar-refractivity contribution is 7.99. The minimum atomic E-state index is -0.421. The number of nitrogens with zero attached hydrogens (tertiary/aromatic N) is 5. The summed E-state index contributed by atoms with van der Waals surface area (Å²) in [6.45, 7) is 4.95. The number of thioether (sulfide) groups is 1. The molecule has 10 heteroatoms. The maximum atomic E-state index is 12.8. The average molecular weight is 460 g/mol. The number of rotatable bonds is 6. The number of imidazole rings is 1. The molecular formula is C21H22ClN5O3S. The number of nitro groups is 1. The van der Waals surface area contributed by atoms with E-state index in [4.69, 9.17) is 11.6 Å². The van der Waals surface area contributed by atoms with Gasteiger partial charge in [0.1, 0.15) is 5.69 Å². The predicted octanol–water partition coefficient (Wildman–Crippen LogP) is 4.06. The Morgan fingerprint density at radius 3 is 2.65 bits per heavy atom. The van der Waals surface area contributed by atoms with Crippen molar-refractivity contribution in [2.75, 3.05) is 36.8 Å². The number of hydrogen-bond acceptors (Lipinski definition) is 6. The number of hydrogen-bond donors (Lipinski definition) is 0. The van der Waals surface area contributed by atoms with Crippen LogP contribution >= 0.6 is 23.4 Å². The third-order valence-electron chi connectivity index (χ3n) is 5.37. The molecule has 2 aromatic carbocycles. The molecule has 4 rings (SSSR count). The Morgan fingerprint density at radius 1 is 1.19 bits per heavy atom. The highest BCUT2D eigenvalue weighted by atomic mass is 35.5. The molecule has 1 saturated heterocycles. The first-order valence-electron chi connectivity index (χ1n) is 10.0. The van der Waals surface area contributed by atoms with Crippen LogP contribution in [0.2, 0.25) is 5.02 Å². The Bertz CT molecular complexity index is 1130. The van der Waals surface area contributed by atoms with Crippen molar-refractivity contribution in [2.45, 2.75) is 18.6 Å². The smallest absolute Gasteiger partial charge is 0.294 e. The van der Waals surface area contributed by atoms with E-state index in [0.29, 0.717) is 42.6 Å². The zero-order valence-corrected chi connectivity index (χ0v) is 18.6. The quantitative estimate of drug-likeness (QED) is 0.314. The number of para-hydroxylation sites is 2. The predicted molar refractivity (Wildman–Crippen MR) is 123 cm³/mol. The van der Waals surface area contributed by atoms with Gasteiger partial charge in [0, 0.05) is 43.8 Å². The van der Waals surface area contributed by atoms with Crippen LogP contribution in [0.3, 0.4) is 0 Å². The highest BCUT2D eigenvalue weighted by Crippen LogP contribution is 2.32. The highest BCUT2D eigenvalue weighted by Gasteiger charge is 2.26. The van der Waals surface area contributed by atoms with Crippen LogP contribution in [-0.4, -0.2) is 57.2 Å². The molecule has 31 heavy (non-hydrogen) atoms. The summed E-state index contributed by atoms with van der Waals surface area (Å²) >= 11 is 7.36. The maximum absolute atomic E-state index is 12.8. The Kier molecular flexibility index (Phi) is 6.33. The van der Waals surface area contributed by atoms with Crippen LogP contribution in [0.15, 0.2) is 47.6 Å². The molecule has 1 amide bonds. The van der Waals surface area contributed by atoms with Gasteiger partial charge in [0.05, 0.1) is 21.7 Å². The molecule has 2 heterocycles. The normalized spacial score (nSPS) is 14.3. The van der Waals surface area contributed by atoms with Gasteiger partial charge in [0.25, 0.3) is 5.69 Å². The van der Waals surface area contributed by atoms with E-state index in [1.54, 1.807) is 12.1 Å². The number of anilines is 1. The molecule has 0 N–H and O–H groups in total. The van der Waals surface area contributed by atoms with E-state index >= 15 is 0 Å². The van der Waals surface area contributed by atoms with Crippen molar-refractivity contribution in [3.05, 3.63) is 57.6 Å². The number of aromatic nitrogens is 2. The molecule has 0 atom stereocenters. The van der Waals surface area contributed by atoms with E-state index in [1.807, 2.05) is 34.1 Å². The molecule has 0 unspecified atom stereocenters. The van der Waals surface area contributed by atoms with Crippen LogP contribution in [0.1, 0.15) is 6.92 Å². The molecule has 0 saturated carbocycles. The standard InChI is InChI=1S/C21H22ClN5O3S/c1-2-26-17-6-4-3-5-16(17)23-21(26)31-14-20(28)25-11-9-24(10-12-25)18-8-7-15(22)13-19(18)27(29)30/h3-8,13H,2,9-12,14H2,1H3. The fourth-order valence-corrected chi connectivity index (χ4v) is 4.94. The summed E-state index contributed by atoms with van der Waals surface area (Å²) in [5.41, 5.74) is 2.52. The number of halogens is 1. The largest absolute Gasteiger partial charge is 0.362 e. The monoisotopic (exact) mass is 459 g/mol. The number of carbonyl (C=O) groups excluding carboxylic acids is 1. The molecule has 0 bridgehead atoms. The van der Waals surface area contributed by atoms with E-state index in [0.717, 1.165) is 22.7 Å². The molecule has 1 fully saturated rings. The van der Waals surface area contributed by atoms with Gasteiger partial charge in [-0.1, -0.05) is 35.5 Å². The van der Waals surface area contributed by atoms with Gasteiger partial charge >= 0.3 is 0 Å². The fourth-order valence-electron chi connectivity index (χ4n) is 3.79. The zero-order chi connectivity index (χ0) is 22.0. The van der Waals surface area contributed by atoms with Crippen molar-refractivity contribution in [3.8, 4) is 0 Å². The van der Waals surface area contributed by atoms with Gasteiger partial charge in [-0.2, -0.15) is 0 Å². The van der Waals surface area contributed by atoms with Crippen LogP contribution in [0, 0.1) is 10.1 Å². The number of nitro benzene ring substituents is 1. The van der Waals surface area contributed by atoms with Crippen LogP contribution in [-0.2, 0) is 11.3 Å². The second-order valence-electron chi connectivity index (χ2n) is 7.17. The lowest BCUT2D eigenvalue weighted by Gasteiger charge is -2.35. The Morgan fingerprint density at radius 2 is 1.94 bits per heavy atom. The van der Waals surface area contributed by atoms with Gasteiger partial charge in [0.2, 0.25) is 5.91 Å². The molecular weight excluding hydrogens is 438 g/mol. The van der Waals surface area contributed by atoms with E-state index in [2.05, 4.69) is 16.5 Å². The average Bonchev–Trinajstić information content (AvgIpc) is 3.15. The number of piperazine rings is 1. The molecule has 162 valence electrons. The topological polar surface area (TPSA) is 84.5 Å². The SMILES string of the molecule is CCn1c(SCC(=O)N2CCN(c3ccc(Cl)cc3[N+](=O)[O-])CC2)nc2ccccc21. The number of aryl methyl sites for hydroxylation is 1. The second kappa shape index (κ2) is 9.15. The van der Waals surface area contributed by atoms with Crippen molar-refractivity contribution in [1.29, 1.82) is 0 Å².